The molecule has 1 amide bonds. The summed E-state index contributed by atoms with van der Waals surface area (Å²) in [5.74, 6) is -4.01. The summed E-state index contributed by atoms with van der Waals surface area (Å²) in [5, 5.41) is 8.86. The van der Waals surface area contributed by atoms with Gasteiger partial charge in [-0.15, -0.1) is 0 Å². The average Bonchev–Trinajstić information content (AvgIpc) is 2.62. The lowest BCUT2D eigenvalue weighted by molar-refractivity contribution is -0.192. The van der Waals surface area contributed by atoms with E-state index in [0.717, 1.165) is 0 Å². The van der Waals surface area contributed by atoms with E-state index in [4.69, 9.17) is 19.4 Å². The van der Waals surface area contributed by atoms with Gasteiger partial charge in [-0.3, -0.25) is 9.78 Å². The Morgan fingerprint density at radius 1 is 1.03 bits per heavy atom. The van der Waals surface area contributed by atoms with Gasteiger partial charge in [-0.2, -0.15) is 26.3 Å². The highest BCUT2D eigenvalue weighted by atomic mass is 19.4. The minimum absolute atomic E-state index is 0.0407. The van der Waals surface area contributed by atoms with Crippen molar-refractivity contribution in [2.45, 2.75) is 12.4 Å². The molecule has 0 spiro atoms. The van der Waals surface area contributed by atoms with Crippen LogP contribution in [0.1, 0.15) is 0 Å². The van der Waals surface area contributed by atoms with Crippen molar-refractivity contribution in [3.8, 4) is 17.2 Å². The maximum atomic E-state index is 12.3. The van der Waals surface area contributed by atoms with Gasteiger partial charge in [0.2, 0.25) is 0 Å². The number of carboxylic acids is 1. The number of carbonyl (C=O) groups excluding carboxylic acids is 1. The highest BCUT2D eigenvalue weighted by molar-refractivity contribution is 5.96. The van der Waals surface area contributed by atoms with Crippen molar-refractivity contribution in [1.82, 2.24) is 4.98 Å². The fourth-order valence-corrected chi connectivity index (χ4v) is 1.58. The second-order valence-electron chi connectivity index (χ2n) is 4.91. The molecule has 0 radical (unpaired) electrons. The van der Waals surface area contributed by atoms with Gasteiger partial charge >= 0.3 is 24.2 Å². The number of hydrogen-bond acceptors (Lipinski definition) is 5. The topological polar surface area (TPSA) is 97.8 Å². The molecule has 7 nitrogen and oxygen atoms in total. The molecule has 0 aliphatic heterocycles. The van der Waals surface area contributed by atoms with Gasteiger partial charge in [0, 0.05) is 12.3 Å². The highest BCUT2D eigenvalue weighted by Crippen LogP contribution is 2.32. The number of aromatic nitrogens is 1. The number of carboxylic acid groups (broad SMARTS) is 1. The standard InChI is InChI=1S/C14H11F3N2O3.C2HF3O2/c1-21-12-7-9(22-10-3-2-6-18-8-10)4-5-11(12)19-13(20)14(15,16)17;3-2(4,5)1(6)7/h2-8H,1H3,(H,19,20);(H,6,7). The number of pyridine rings is 1. The first-order valence-electron chi connectivity index (χ1n) is 7.28. The van der Waals surface area contributed by atoms with Crippen molar-refractivity contribution in [3.63, 3.8) is 0 Å². The molecule has 0 aliphatic rings. The van der Waals surface area contributed by atoms with Crippen LogP contribution in [-0.4, -0.2) is 41.4 Å². The van der Waals surface area contributed by atoms with E-state index >= 15 is 0 Å². The van der Waals surface area contributed by atoms with Crippen LogP contribution in [0, 0.1) is 0 Å². The first-order valence-corrected chi connectivity index (χ1v) is 7.28. The van der Waals surface area contributed by atoms with Crippen molar-refractivity contribution in [2.75, 3.05) is 12.4 Å². The molecule has 158 valence electrons. The van der Waals surface area contributed by atoms with Gasteiger partial charge in [-0.25, -0.2) is 4.79 Å². The molecule has 1 heterocycles. The second-order valence-corrected chi connectivity index (χ2v) is 4.91. The molecule has 0 saturated carbocycles. The predicted octanol–water partition coefficient (Wildman–Crippen LogP) is 4.02. The number of nitrogens with zero attached hydrogens (tertiary/aromatic N) is 1. The van der Waals surface area contributed by atoms with E-state index in [1.807, 2.05) is 0 Å². The van der Waals surface area contributed by atoms with Gasteiger partial charge in [-0.05, 0) is 24.3 Å². The Bertz CT molecular complexity index is 840. The van der Waals surface area contributed by atoms with Crippen molar-refractivity contribution < 1.29 is 50.5 Å². The Hall–Kier alpha value is -3.51. The number of anilines is 1. The summed E-state index contributed by atoms with van der Waals surface area (Å²) in [5.41, 5.74) is -0.108. The Labute approximate surface area is 158 Å². The first-order chi connectivity index (χ1) is 13.3. The third kappa shape index (κ3) is 7.94. The molecule has 2 aromatic rings. The highest BCUT2D eigenvalue weighted by Gasteiger charge is 2.39. The maximum absolute atomic E-state index is 12.3. The fraction of sp³-hybridized carbons (Fsp3) is 0.188. The molecular formula is C16H12F6N2O5. The van der Waals surface area contributed by atoms with Crippen LogP contribution in [0.4, 0.5) is 32.0 Å². The van der Waals surface area contributed by atoms with Crippen LogP contribution in [-0.2, 0) is 9.59 Å². The summed E-state index contributed by atoms with van der Waals surface area (Å²) >= 11 is 0. The summed E-state index contributed by atoms with van der Waals surface area (Å²) in [4.78, 5) is 23.7. The number of rotatable bonds is 4. The van der Waals surface area contributed by atoms with Crippen LogP contribution in [0.25, 0.3) is 0 Å². The molecule has 2 N–H and O–H groups in total. The summed E-state index contributed by atoms with van der Waals surface area (Å²) in [6.45, 7) is 0. The number of amides is 1. The third-order valence-electron chi connectivity index (χ3n) is 2.79. The predicted molar refractivity (Wildman–Crippen MR) is 85.7 cm³/mol. The van der Waals surface area contributed by atoms with Crippen LogP contribution in [0.3, 0.4) is 0 Å². The van der Waals surface area contributed by atoms with Crippen molar-refractivity contribution >= 4 is 17.6 Å². The maximum Gasteiger partial charge on any atom is 0.490 e. The van der Waals surface area contributed by atoms with Crippen molar-refractivity contribution in [3.05, 3.63) is 42.7 Å². The minimum atomic E-state index is -5.08. The largest absolute Gasteiger partial charge is 0.494 e. The molecule has 13 heteroatoms. The normalized spacial score (nSPS) is 11.0. The van der Waals surface area contributed by atoms with Crippen molar-refractivity contribution in [1.29, 1.82) is 0 Å². The summed E-state index contributed by atoms with van der Waals surface area (Å²) in [7, 11) is 1.27. The van der Waals surface area contributed by atoms with Crippen LogP contribution in [0.2, 0.25) is 0 Å². The van der Waals surface area contributed by atoms with E-state index in [9.17, 15) is 31.1 Å². The number of hydrogen-bond donors (Lipinski definition) is 2. The van der Waals surface area contributed by atoms with E-state index < -0.39 is 24.2 Å². The van der Waals surface area contributed by atoms with Gasteiger partial charge in [0.1, 0.15) is 17.2 Å². The number of alkyl halides is 6. The van der Waals surface area contributed by atoms with E-state index in [0.29, 0.717) is 11.5 Å². The molecule has 0 bridgehead atoms. The van der Waals surface area contributed by atoms with Crippen LogP contribution in [0.15, 0.2) is 42.7 Å². The molecule has 0 aliphatic carbocycles. The monoisotopic (exact) mass is 426 g/mol. The lowest BCUT2D eigenvalue weighted by Crippen LogP contribution is -2.30. The molecular weight excluding hydrogens is 414 g/mol. The zero-order valence-corrected chi connectivity index (χ0v) is 14.3. The van der Waals surface area contributed by atoms with Gasteiger partial charge < -0.3 is 19.9 Å². The van der Waals surface area contributed by atoms with Crippen molar-refractivity contribution in [2.24, 2.45) is 0 Å². The number of halogens is 6. The van der Waals surface area contributed by atoms with E-state index in [1.165, 1.54) is 31.5 Å². The van der Waals surface area contributed by atoms with E-state index in [-0.39, 0.29) is 11.4 Å². The van der Waals surface area contributed by atoms with Gasteiger partial charge in [-0.1, -0.05) is 0 Å². The summed E-state index contributed by atoms with van der Waals surface area (Å²) in [6.07, 6.45) is -7.01. The SMILES string of the molecule is COc1cc(Oc2cccnc2)ccc1NC(=O)C(F)(F)F.O=C(O)C(F)(F)F. The molecule has 0 fully saturated rings. The third-order valence-corrected chi connectivity index (χ3v) is 2.79. The zero-order chi connectivity index (χ0) is 22.2. The Balaban J connectivity index is 0.000000516. The zero-order valence-electron chi connectivity index (χ0n) is 14.3. The Morgan fingerprint density at radius 2 is 1.66 bits per heavy atom. The Kier molecular flexibility index (Phi) is 7.80. The number of nitrogens with one attached hydrogen (secondary N) is 1. The molecule has 0 unspecified atom stereocenters. The number of methoxy groups -OCH3 is 1. The molecule has 2 rings (SSSR count). The van der Waals surface area contributed by atoms with Crippen LogP contribution in [0.5, 0.6) is 17.2 Å². The van der Waals surface area contributed by atoms with E-state index in [2.05, 4.69) is 4.98 Å². The first kappa shape index (κ1) is 23.5. The van der Waals surface area contributed by atoms with Gasteiger partial charge in [0.05, 0.1) is 19.0 Å². The molecule has 0 saturated heterocycles. The van der Waals surface area contributed by atoms with Gasteiger partial charge in [0.25, 0.3) is 0 Å². The smallest absolute Gasteiger partial charge is 0.490 e. The fourth-order valence-electron chi connectivity index (χ4n) is 1.58. The van der Waals surface area contributed by atoms with Crippen LogP contribution < -0.4 is 14.8 Å². The quantitative estimate of drug-likeness (QED) is 0.717. The number of ether oxygens (including phenoxy) is 2. The van der Waals surface area contributed by atoms with Gasteiger partial charge in [0.15, 0.2) is 0 Å². The second kappa shape index (κ2) is 9.61. The van der Waals surface area contributed by atoms with Crippen LogP contribution >= 0.6 is 0 Å². The summed E-state index contributed by atoms with van der Waals surface area (Å²) < 4.78 is 78.9. The number of carbonyl (C=O) groups is 2. The number of aliphatic carboxylic acids is 1. The average molecular weight is 426 g/mol. The molecule has 0 atom stereocenters. The molecule has 1 aromatic heterocycles. The number of benzene rings is 1. The lowest BCUT2D eigenvalue weighted by atomic mass is 10.2. The minimum Gasteiger partial charge on any atom is -0.494 e. The van der Waals surface area contributed by atoms with E-state index in [1.54, 1.807) is 23.6 Å². The molecule has 29 heavy (non-hydrogen) atoms. The Morgan fingerprint density at radius 3 is 2.10 bits per heavy atom. The lowest BCUT2D eigenvalue weighted by Gasteiger charge is -2.13. The molecule has 1 aromatic carbocycles. The summed E-state index contributed by atoms with van der Waals surface area (Å²) in [6, 6.07) is 7.36.